The summed E-state index contributed by atoms with van der Waals surface area (Å²) >= 11 is 1.84. The molecule has 22 heavy (non-hydrogen) atoms. The highest BCUT2D eigenvalue weighted by molar-refractivity contribution is 7.10. The minimum atomic E-state index is 0. The predicted octanol–water partition coefficient (Wildman–Crippen LogP) is 3.54. The van der Waals surface area contributed by atoms with Crippen LogP contribution in [0.25, 0.3) is 0 Å². The van der Waals surface area contributed by atoms with E-state index in [1.807, 2.05) is 11.3 Å². The van der Waals surface area contributed by atoms with Crippen molar-refractivity contribution in [1.29, 1.82) is 0 Å². The lowest BCUT2D eigenvalue weighted by Crippen LogP contribution is -2.42. The van der Waals surface area contributed by atoms with Crippen molar-refractivity contribution in [3.8, 4) is 0 Å². The Morgan fingerprint density at radius 2 is 2.09 bits per heavy atom. The molecule has 0 saturated carbocycles. The second kappa shape index (κ2) is 6.50. The molecule has 2 saturated heterocycles. The van der Waals surface area contributed by atoms with Crippen LogP contribution in [-0.2, 0) is 11.2 Å². The molecule has 4 heterocycles. The Morgan fingerprint density at radius 1 is 1.36 bits per heavy atom. The first-order valence-corrected chi connectivity index (χ1v) is 9.20. The second-order valence-electron chi connectivity index (χ2n) is 6.99. The molecule has 0 spiro atoms. The van der Waals surface area contributed by atoms with E-state index in [2.05, 4.69) is 28.6 Å². The van der Waals surface area contributed by atoms with Crippen molar-refractivity contribution < 1.29 is 4.79 Å². The van der Waals surface area contributed by atoms with Crippen molar-refractivity contribution in [3.05, 3.63) is 21.9 Å². The molecule has 4 rings (SSSR count). The molecule has 0 aromatic carbocycles. The molecule has 3 aliphatic heterocycles. The predicted molar refractivity (Wildman–Crippen MR) is 92.7 cm³/mol. The Labute approximate surface area is 142 Å². The third-order valence-corrected chi connectivity index (χ3v) is 6.63. The molecule has 5 heteroatoms. The lowest BCUT2D eigenvalue weighted by molar-refractivity contribution is -0.135. The Morgan fingerprint density at radius 3 is 2.82 bits per heavy atom. The standard InChI is InChI=1S/C17H24N2OS.ClH/c1-11-15-5-7-21-16(15)4-6-19(11)17(20)10-12-8-13-2-3-14(9-12)18-13;/h5,7,11-14,18H,2-4,6,8-10H2,1H3;1H. The number of thiophene rings is 1. The van der Waals surface area contributed by atoms with Crippen LogP contribution in [0.15, 0.2) is 11.4 Å². The molecule has 0 radical (unpaired) electrons. The molecule has 3 unspecified atom stereocenters. The van der Waals surface area contributed by atoms with Gasteiger partial charge in [0.1, 0.15) is 0 Å². The maximum Gasteiger partial charge on any atom is 0.223 e. The van der Waals surface area contributed by atoms with Gasteiger partial charge in [0.2, 0.25) is 5.91 Å². The number of hydrogen-bond donors (Lipinski definition) is 1. The highest BCUT2D eigenvalue weighted by Gasteiger charge is 2.36. The van der Waals surface area contributed by atoms with Gasteiger partial charge in [0.05, 0.1) is 6.04 Å². The number of carbonyl (C=O) groups is 1. The molecular formula is C17H25ClN2OS. The summed E-state index contributed by atoms with van der Waals surface area (Å²) in [7, 11) is 0. The lowest BCUT2D eigenvalue weighted by Gasteiger charge is -2.36. The van der Waals surface area contributed by atoms with E-state index in [1.54, 1.807) is 0 Å². The molecule has 3 atom stereocenters. The van der Waals surface area contributed by atoms with E-state index >= 15 is 0 Å². The monoisotopic (exact) mass is 340 g/mol. The van der Waals surface area contributed by atoms with E-state index in [0.29, 0.717) is 23.9 Å². The van der Waals surface area contributed by atoms with Crippen LogP contribution in [0.4, 0.5) is 0 Å². The zero-order chi connectivity index (χ0) is 14.4. The Kier molecular flexibility index (Phi) is 4.81. The van der Waals surface area contributed by atoms with Crippen molar-refractivity contribution in [2.75, 3.05) is 6.54 Å². The number of fused-ring (bicyclic) bond motifs is 3. The van der Waals surface area contributed by atoms with Gasteiger partial charge in [-0.1, -0.05) is 0 Å². The average molecular weight is 341 g/mol. The summed E-state index contributed by atoms with van der Waals surface area (Å²) in [6.07, 6.45) is 6.84. The van der Waals surface area contributed by atoms with Gasteiger partial charge in [-0.25, -0.2) is 0 Å². The highest BCUT2D eigenvalue weighted by atomic mass is 35.5. The Balaban J connectivity index is 0.00000144. The van der Waals surface area contributed by atoms with Crippen molar-refractivity contribution >= 4 is 29.7 Å². The van der Waals surface area contributed by atoms with E-state index in [9.17, 15) is 4.79 Å². The van der Waals surface area contributed by atoms with Crippen LogP contribution < -0.4 is 5.32 Å². The van der Waals surface area contributed by atoms with E-state index < -0.39 is 0 Å². The molecule has 1 aromatic heterocycles. The number of halogens is 1. The minimum absolute atomic E-state index is 0. The van der Waals surface area contributed by atoms with Gasteiger partial charge in [-0.2, -0.15) is 0 Å². The molecule has 1 N–H and O–H groups in total. The fraction of sp³-hybridized carbons (Fsp3) is 0.706. The summed E-state index contributed by atoms with van der Waals surface area (Å²) in [5, 5.41) is 5.83. The zero-order valence-corrected chi connectivity index (χ0v) is 14.7. The summed E-state index contributed by atoms with van der Waals surface area (Å²) in [6, 6.07) is 3.84. The molecule has 122 valence electrons. The lowest BCUT2D eigenvalue weighted by atomic mass is 9.88. The normalized spacial score (nSPS) is 33.2. The molecule has 1 amide bonds. The molecular weight excluding hydrogens is 316 g/mol. The van der Waals surface area contributed by atoms with Gasteiger partial charge in [-0.05, 0) is 62.0 Å². The number of carbonyl (C=O) groups excluding carboxylic acids is 1. The first kappa shape index (κ1) is 16.3. The Bertz CT molecular complexity index is 535. The molecule has 3 nitrogen and oxygen atoms in total. The van der Waals surface area contributed by atoms with Crippen molar-refractivity contribution in [2.24, 2.45) is 5.92 Å². The van der Waals surface area contributed by atoms with Gasteiger partial charge in [-0.3, -0.25) is 4.79 Å². The largest absolute Gasteiger partial charge is 0.336 e. The Hall–Kier alpha value is -0.580. The van der Waals surface area contributed by atoms with E-state index in [-0.39, 0.29) is 18.4 Å². The first-order valence-electron chi connectivity index (χ1n) is 8.32. The summed E-state index contributed by atoms with van der Waals surface area (Å²) in [5.41, 5.74) is 1.38. The summed E-state index contributed by atoms with van der Waals surface area (Å²) in [4.78, 5) is 16.4. The maximum atomic E-state index is 12.8. The maximum absolute atomic E-state index is 12.8. The number of rotatable bonds is 2. The summed E-state index contributed by atoms with van der Waals surface area (Å²) in [6.45, 7) is 3.10. The average Bonchev–Trinajstić information content (AvgIpc) is 3.06. The third-order valence-electron chi connectivity index (χ3n) is 5.63. The fourth-order valence-corrected chi connectivity index (χ4v) is 5.52. The minimum Gasteiger partial charge on any atom is -0.336 e. The summed E-state index contributed by atoms with van der Waals surface area (Å²) in [5.74, 6) is 0.984. The van der Waals surface area contributed by atoms with Gasteiger partial charge >= 0.3 is 0 Å². The van der Waals surface area contributed by atoms with Crippen LogP contribution >= 0.6 is 23.7 Å². The quantitative estimate of drug-likeness (QED) is 0.893. The highest BCUT2D eigenvalue weighted by Crippen LogP contribution is 2.36. The molecule has 2 bridgehead atoms. The van der Waals surface area contributed by atoms with Crippen molar-refractivity contribution in [1.82, 2.24) is 10.2 Å². The number of nitrogens with zero attached hydrogens (tertiary/aromatic N) is 1. The third kappa shape index (κ3) is 2.93. The van der Waals surface area contributed by atoms with Crippen LogP contribution in [0.5, 0.6) is 0 Å². The molecule has 3 aliphatic rings. The van der Waals surface area contributed by atoms with Crippen LogP contribution in [0, 0.1) is 5.92 Å². The van der Waals surface area contributed by atoms with Gasteiger partial charge in [0.15, 0.2) is 0 Å². The van der Waals surface area contributed by atoms with E-state index in [0.717, 1.165) is 19.4 Å². The molecule has 1 aromatic rings. The molecule has 0 aliphatic carbocycles. The molecule has 2 fully saturated rings. The van der Waals surface area contributed by atoms with Gasteiger partial charge in [0.25, 0.3) is 0 Å². The van der Waals surface area contributed by atoms with Crippen molar-refractivity contribution in [2.45, 2.75) is 63.6 Å². The fourth-order valence-electron chi connectivity index (χ4n) is 4.56. The zero-order valence-electron chi connectivity index (χ0n) is 13.1. The van der Waals surface area contributed by atoms with Gasteiger partial charge in [-0.15, -0.1) is 23.7 Å². The van der Waals surface area contributed by atoms with Crippen LogP contribution in [0.1, 0.15) is 55.5 Å². The smallest absolute Gasteiger partial charge is 0.223 e. The number of piperidine rings is 1. The number of nitrogens with one attached hydrogen (secondary N) is 1. The van der Waals surface area contributed by atoms with E-state index in [4.69, 9.17) is 0 Å². The van der Waals surface area contributed by atoms with Crippen LogP contribution in [-0.4, -0.2) is 29.4 Å². The first-order chi connectivity index (χ1) is 10.2. The van der Waals surface area contributed by atoms with Gasteiger partial charge in [0, 0.05) is 29.9 Å². The van der Waals surface area contributed by atoms with Gasteiger partial charge < -0.3 is 10.2 Å². The SMILES string of the molecule is CC1c2ccsc2CCN1C(=O)CC1CC2CCC(C1)N2.Cl. The van der Waals surface area contributed by atoms with Crippen molar-refractivity contribution in [3.63, 3.8) is 0 Å². The topological polar surface area (TPSA) is 32.3 Å². The number of hydrogen-bond acceptors (Lipinski definition) is 3. The second-order valence-corrected chi connectivity index (χ2v) is 7.99. The summed E-state index contributed by atoms with van der Waals surface area (Å²) < 4.78 is 0. The number of amides is 1. The van der Waals surface area contributed by atoms with E-state index in [1.165, 1.54) is 36.1 Å². The van der Waals surface area contributed by atoms with Crippen LogP contribution in [0.3, 0.4) is 0 Å². The van der Waals surface area contributed by atoms with Crippen LogP contribution in [0.2, 0.25) is 0 Å².